The van der Waals surface area contributed by atoms with E-state index in [4.69, 9.17) is 14.5 Å². The van der Waals surface area contributed by atoms with E-state index in [1.165, 1.54) is 0 Å². The molecular weight excluding hydrogens is 230 g/mol. The minimum atomic E-state index is 0.357. The summed E-state index contributed by atoms with van der Waals surface area (Å²) >= 11 is 0. The predicted octanol–water partition coefficient (Wildman–Crippen LogP) is 1.48. The average molecular weight is 249 g/mol. The molecule has 1 atom stereocenters. The van der Waals surface area contributed by atoms with Crippen molar-refractivity contribution in [3.05, 3.63) is 17.1 Å². The van der Waals surface area contributed by atoms with Gasteiger partial charge in [0.1, 0.15) is 11.6 Å². The fourth-order valence-corrected chi connectivity index (χ4v) is 2.49. The first-order valence-electron chi connectivity index (χ1n) is 6.67. The second-order valence-electron chi connectivity index (χ2n) is 4.75. The number of nitrogens with zero attached hydrogens (tertiary/aromatic N) is 2. The zero-order chi connectivity index (χ0) is 12.4. The molecule has 0 aliphatic carbocycles. The van der Waals surface area contributed by atoms with E-state index < -0.39 is 0 Å². The van der Waals surface area contributed by atoms with Crippen molar-refractivity contribution in [3.63, 3.8) is 0 Å². The molecule has 1 N–H and O–H groups in total. The highest BCUT2D eigenvalue weighted by molar-refractivity contribution is 5.47. The van der Waals surface area contributed by atoms with Crippen LogP contribution in [0.25, 0.3) is 0 Å². The average Bonchev–Trinajstić information content (AvgIpc) is 2.93. The number of aromatic nitrogens is 2. The third kappa shape index (κ3) is 2.20. The van der Waals surface area contributed by atoms with Gasteiger partial charge in [0.25, 0.3) is 0 Å². The highest BCUT2D eigenvalue weighted by atomic mass is 16.5. The Hall–Kier alpha value is -1.20. The van der Waals surface area contributed by atoms with Crippen LogP contribution in [0, 0.1) is 0 Å². The topological polar surface area (TPSA) is 56.3 Å². The fourth-order valence-electron chi connectivity index (χ4n) is 2.49. The minimum Gasteiger partial charge on any atom is -0.381 e. The minimum absolute atomic E-state index is 0.357. The van der Waals surface area contributed by atoms with E-state index in [1.54, 1.807) is 0 Å². The molecule has 0 aromatic carbocycles. The molecule has 0 bridgehead atoms. The number of fused-ring (bicyclic) bond motifs is 1. The Bertz CT molecular complexity index is 430. The molecule has 1 fully saturated rings. The smallest absolute Gasteiger partial charge is 0.136 e. The van der Waals surface area contributed by atoms with Crippen LogP contribution in [0.1, 0.15) is 36.3 Å². The van der Waals surface area contributed by atoms with E-state index >= 15 is 0 Å². The molecule has 1 aromatic heterocycles. The standard InChI is InChI=1S/C13H19N3O2/c1-2-14-13-10-8-18-6-4-11(10)15-12(16-13)9-3-5-17-7-9/h9H,2-8H2,1H3,(H,14,15,16). The lowest BCUT2D eigenvalue weighted by molar-refractivity contribution is 0.109. The quantitative estimate of drug-likeness (QED) is 0.879. The first kappa shape index (κ1) is 11.9. The van der Waals surface area contributed by atoms with Crippen molar-refractivity contribution < 1.29 is 9.47 Å². The lowest BCUT2D eigenvalue weighted by Crippen LogP contribution is -2.19. The number of anilines is 1. The largest absolute Gasteiger partial charge is 0.381 e. The second kappa shape index (κ2) is 5.20. The lowest BCUT2D eigenvalue weighted by Gasteiger charge is -2.21. The number of nitrogens with one attached hydrogen (secondary N) is 1. The zero-order valence-electron chi connectivity index (χ0n) is 10.7. The van der Waals surface area contributed by atoms with Crippen LogP contribution in [0.5, 0.6) is 0 Å². The predicted molar refractivity (Wildman–Crippen MR) is 67.7 cm³/mol. The van der Waals surface area contributed by atoms with E-state index in [2.05, 4.69) is 17.2 Å². The van der Waals surface area contributed by atoms with E-state index in [1.807, 2.05) is 0 Å². The maximum absolute atomic E-state index is 5.50. The van der Waals surface area contributed by atoms with Crippen LogP contribution < -0.4 is 5.32 Å². The molecule has 3 rings (SSSR count). The van der Waals surface area contributed by atoms with Gasteiger partial charge in [-0.1, -0.05) is 0 Å². The summed E-state index contributed by atoms with van der Waals surface area (Å²) in [5, 5.41) is 3.33. The normalized spacial score (nSPS) is 22.8. The summed E-state index contributed by atoms with van der Waals surface area (Å²) in [4.78, 5) is 9.40. The molecule has 1 aromatic rings. The van der Waals surface area contributed by atoms with Crippen molar-refractivity contribution in [1.82, 2.24) is 9.97 Å². The summed E-state index contributed by atoms with van der Waals surface area (Å²) < 4.78 is 10.9. The Morgan fingerprint density at radius 2 is 2.22 bits per heavy atom. The summed E-state index contributed by atoms with van der Waals surface area (Å²) in [7, 11) is 0. The summed E-state index contributed by atoms with van der Waals surface area (Å²) in [5.41, 5.74) is 2.28. The molecule has 5 heteroatoms. The molecule has 0 spiro atoms. The molecule has 1 saturated heterocycles. The van der Waals surface area contributed by atoms with Crippen LogP contribution in [-0.4, -0.2) is 36.3 Å². The van der Waals surface area contributed by atoms with Gasteiger partial charge >= 0.3 is 0 Å². The molecule has 3 heterocycles. The van der Waals surface area contributed by atoms with Crippen molar-refractivity contribution in [2.45, 2.75) is 32.3 Å². The molecule has 2 aliphatic rings. The molecule has 0 amide bonds. The third-order valence-corrected chi connectivity index (χ3v) is 3.48. The first-order chi connectivity index (χ1) is 8.88. The molecule has 98 valence electrons. The van der Waals surface area contributed by atoms with Crippen LogP contribution in [0.3, 0.4) is 0 Å². The molecule has 5 nitrogen and oxygen atoms in total. The Kier molecular flexibility index (Phi) is 3.43. The number of hydrogen-bond acceptors (Lipinski definition) is 5. The van der Waals surface area contributed by atoms with Crippen molar-refractivity contribution >= 4 is 5.82 Å². The Morgan fingerprint density at radius 1 is 1.28 bits per heavy atom. The molecule has 18 heavy (non-hydrogen) atoms. The van der Waals surface area contributed by atoms with Gasteiger partial charge in [-0.25, -0.2) is 9.97 Å². The van der Waals surface area contributed by atoms with Gasteiger partial charge in [-0.15, -0.1) is 0 Å². The molecule has 0 radical (unpaired) electrons. The van der Waals surface area contributed by atoms with Gasteiger partial charge < -0.3 is 14.8 Å². The lowest BCUT2D eigenvalue weighted by atomic mass is 10.1. The maximum Gasteiger partial charge on any atom is 0.136 e. The van der Waals surface area contributed by atoms with E-state index in [0.717, 1.165) is 62.1 Å². The van der Waals surface area contributed by atoms with Crippen LogP contribution >= 0.6 is 0 Å². The molecule has 0 saturated carbocycles. The van der Waals surface area contributed by atoms with Crippen molar-refractivity contribution in [2.75, 3.05) is 31.7 Å². The van der Waals surface area contributed by atoms with Crippen LogP contribution in [0.4, 0.5) is 5.82 Å². The van der Waals surface area contributed by atoms with Crippen LogP contribution in [0.15, 0.2) is 0 Å². The summed E-state index contributed by atoms with van der Waals surface area (Å²) in [6, 6.07) is 0. The summed E-state index contributed by atoms with van der Waals surface area (Å²) in [6.07, 6.45) is 1.91. The van der Waals surface area contributed by atoms with Crippen LogP contribution in [-0.2, 0) is 22.5 Å². The van der Waals surface area contributed by atoms with Crippen molar-refractivity contribution in [1.29, 1.82) is 0 Å². The van der Waals surface area contributed by atoms with Gasteiger partial charge in [-0.3, -0.25) is 0 Å². The number of hydrogen-bond donors (Lipinski definition) is 1. The highest BCUT2D eigenvalue weighted by Crippen LogP contribution is 2.28. The van der Waals surface area contributed by atoms with E-state index in [9.17, 15) is 0 Å². The van der Waals surface area contributed by atoms with Gasteiger partial charge in [-0.05, 0) is 13.3 Å². The first-order valence-corrected chi connectivity index (χ1v) is 6.67. The van der Waals surface area contributed by atoms with Crippen LogP contribution in [0.2, 0.25) is 0 Å². The van der Waals surface area contributed by atoms with Gasteiger partial charge in [0.05, 0.1) is 25.5 Å². The molecular formula is C13H19N3O2. The SMILES string of the molecule is CCNc1nc(C2CCOC2)nc2c1COCC2. The molecule has 1 unspecified atom stereocenters. The van der Waals surface area contributed by atoms with Gasteiger partial charge in [-0.2, -0.15) is 0 Å². The van der Waals surface area contributed by atoms with E-state index in [-0.39, 0.29) is 0 Å². The monoisotopic (exact) mass is 249 g/mol. The number of rotatable bonds is 3. The summed E-state index contributed by atoms with van der Waals surface area (Å²) in [5.74, 6) is 2.24. The Morgan fingerprint density at radius 3 is 3.00 bits per heavy atom. The number of ether oxygens (including phenoxy) is 2. The van der Waals surface area contributed by atoms with Gasteiger partial charge in [0, 0.05) is 31.1 Å². The van der Waals surface area contributed by atoms with Gasteiger partial charge in [0.15, 0.2) is 0 Å². The summed E-state index contributed by atoms with van der Waals surface area (Å²) in [6.45, 7) is 5.90. The third-order valence-electron chi connectivity index (χ3n) is 3.48. The second-order valence-corrected chi connectivity index (χ2v) is 4.75. The molecule has 2 aliphatic heterocycles. The zero-order valence-corrected chi connectivity index (χ0v) is 10.7. The van der Waals surface area contributed by atoms with Crippen molar-refractivity contribution in [3.8, 4) is 0 Å². The maximum atomic E-state index is 5.50. The highest BCUT2D eigenvalue weighted by Gasteiger charge is 2.24. The van der Waals surface area contributed by atoms with Crippen molar-refractivity contribution in [2.24, 2.45) is 0 Å². The van der Waals surface area contributed by atoms with E-state index in [0.29, 0.717) is 12.5 Å². The Labute approximate surface area is 107 Å². The Balaban J connectivity index is 1.97. The van der Waals surface area contributed by atoms with Gasteiger partial charge in [0.2, 0.25) is 0 Å². The fraction of sp³-hybridized carbons (Fsp3) is 0.692.